The Bertz CT molecular complexity index is 628. The molecule has 1 amide bonds. The summed E-state index contributed by atoms with van der Waals surface area (Å²) in [4.78, 5) is 12.3. The first kappa shape index (κ1) is 15.9. The summed E-state index contributed by atoms with van der Waals surface area (Å²) >= 11 is 0. The topological polar surface area (TPSA) is 67.8 Å². The van der Waals surface area contributed by atoms with Gasteiger partial charge in [0.2, 0.25) is 0 Å². The van der Waals surface area contributed by atoms with Gasteiger partial charge in [-0.25, -0.2) is 0 Å². The molecule has 0 saturated heterocycles. The van der Waals surface area contributed by atoms with Crippen molar-refractivity contribution in [3.63, 3.8) is 0 Å². The van der Waals surface area contributed by atoms with Crippen LogP contribution in [0.15, 0.2) is 42.5 Å². The molecule has 116 valence electrons. The van der Waals surface area contributed by atoms with Gasteiger partial charge in [-0.2, -0.15) is 0 Å². The summed E-state index contributed by atoms with van der Waals surface area (Å²) in [7, 11) is 3.07. The Morgan fingerprint density at radius 3 is 2.05 bits per heavy atom. The summed E-state index contributed by atoms with van der Waals surface area (Å²) in [6, 6.07) is 12.0. The van der Waals surface area contributed by atoms with Crippen molar-refractivity contribution < 1.29 is 19.4 Å². The van der Waals surface area contributed by atoms with Crippen molar-refractivity contribution in [1.29, 1.82) is 0 Å². The van der Waals surface area contributed by atoms with Crippen molar-refractivity contribution in [3.05, 3.63) is 53.6 Å². The Kier molecular flexibility index (Phi) is 5.01. The molecule has 2 rings (SSSR count). The van der Waals surface area contributed by atoms with Crippen LogP contribution in [0.3, 0.4) is 0 Å². The van der Waals surface area contributed by atoms with Crippen molar-refractivity contribution in [1.82, 2.24) is 0 Å². The largest absolute Gasteiger partial charge is 0.497 e. The summed E-state index contributed by atoms with van der Waals surface area (Å²) in [5, 5.41) is 12.3. The van der Waals surface area contributed by atoms with Crippen molar-refractivity contribution >= 4 is 11.6 Å². The average molecular weight is 301 g/mol. The number of methoxy groups -OCH3 is 2. The lowest BCUT2D eigenvalue weighted by Crippen LogP contribution is -2.12. The molecule has 2 N–H and O–H groups in total. The zero-order chi connectivity index (χ0) is 16.1. The van der Waals surface area contributed by atoms with Crippen LogP contribution in [-0.2, 0) is 0 Å². The highest BCUT2D eigenvalue weighted by Crippen LogP contribution is 2.23. The van der Waals surface area contributed by atoms with E-state index >= 15 is 0 Å². The summed E-state index contributed by atoms with van der Waals surface area (Å²) in [6.45, 7) is 1.69. The zero-order valence-electron chi connectivity index (χ0n) is 12.8. The van der Waals surface area contributed by atoms with Crippen LogP contribution in [0.25, 0.3) is 0 Å². The molecule has 0 aliphatic rings. The SMILES string of the molecule is COc1cc(OC)cc(C(=O)Nc2ccc([C@H](C)O)cc2)c1. The Morgan fingerprint density at radius 1 is 1.05 bits per heavy atom. The maximum absolute atomic E-state index is 12.3. The van der Waals surface area contributed by atoms with E-state index in [9.17, 15) is 9.90 Å². The van der Waals surface area contributed by atoms with E-state index in [-0.39, 0.29) is 5.91 Å². The van der Waals surface area contributed by atoms with E-state index in [0.29, 0.717) is 22.7 Å². The van der Waals surface area contributed by atoms with E-state index in [1.165, 1.54) is 14.2 Å². The number of nitrogens with one attached hydrogen (secondary N) is 1. The van der Waals surface area contributed by atoms with Crippen LogP contribution in [0, 0.1) is 0 Å². The monoisotopic (exact) mass is 301 g/mol. The number of hydrogen-bond acceptors (Lipinski definition) is 4. The lowest BCUT2D eigenvalue weighted by Gasteiger charge is -2.10. The predicted molar refractivity (Wildman–Crippen MR) is 84.6 cm³/mol. The summed E-state index contributed by atoms with van der Waals surface area (Å²) in [5.74, 6) is 0.838. The molecule has 1 atom stereocenters. The van der Waals surface area contributed by atoms with Crippen molar-refractivity contribution in [2.75, 3.05) is 19.5 Å². The molecule has 0 aliphatic heterocycles. The van der Waals surface area contributed by atoms with Crippen LogP contribution in [0.4, 0.5) is 5.69 Å². The van der Waals surface area contributed by atoms with E-state index in [0.717, 1.165) is 5.56 Å². The molecular formula is C17H19NO4. The highest BCUT2D eigenvalue weighted by Gasteiger charge is 2.10. The van der Waals surface area contributed by atoms with E-state index in [4.69, 9.17) is 9.47 Å². The average Bonchev–Trinajstić information content (AvgIpc) is 2.54. The number of ether oxygens (including phenoxy) is 2. The van der Waals surface area contributed by atoms with Crippen molar-refractivity contribution in [2.45, 2.75) is 13.0 Å². The van der Waals surface area contributed by atoms with Gasteiger partial charge in [0.15, 0.2) is 0 Å². The third-order valence-corrected chi connectivity index (χ3v) is 3.26. The lowest BCUT2D eigenvalue weighted by atomic mass is 10.1. The van der Waals surface area contributed by atoms with Crippen LogP contribution in [0.1, 0.15) is 28.9 Å². The Balaban J connectivity index is 2.18. The summed E-state index contributed by atoms with van der Waals surface area (Å²) in [6.07, 6.45) is -0.535. The number of aliphatic hydroxyl groups is 1. The summed E-state index contributed by atoms with van der Waals surface area (Å²) < 4.78 is 10.3. The fourth-order valence-corrected chi connectivity index (χ4v) is 1.99. The number of benzene rings is 2. The Morgan fingerprint density at radius 2 is 1.59 bits per heavy atom. The van der Waals surface area contributed by atoms with Crippen LogP contribution in [-0.4, -0.2) is 25.2 Å². The molecule has 0 saturated carbocycles. The number of carbonyl (C=O) groups excluding carboxylic acids is 1. The van der Waals surface area contributed by atoms with Gasteiger partial charge in [0.1, 0.15) is 11.5 Å². The smallest absolute Gasteiger partial charge is 0.255 e. The molecule has 22 heavy (non-hydrogen) atoms. The van der Waals surface area contributed by atoms with Gasteiger partial charge in [0.25, 0.3) is 5.91 Å². The first-order valence-electron chi connectivity index (χ1n) is 6.86. The molecule has 5 heteroatoms. The third-order valence-electron chi connectivity index (χ3n) is 3.26. The van der Waals surface area contributed by atoms with Crippen LogP contribution in [0.5, 0.6) is 11.5 Å². The molecule has 0 fully saturated rings. The quantitative estimate of drug-likeness (QED) is 0.891. The molecule has 0 aromatic heterocycles. The Hall–Kier alpha value is -2.53. The van der Waals surface area contributed by atoms with Gasteiger partial charge in [-0.1, -0.05) is 12.1 Å². The van der Waals surface area contributed by atoms with Gasteiger partial charge in [-0.15, -0.1) is 0 Å². The van der Waals surface area contributed by atoms with Gasteiger partial charge in [-0.3, -0.25) is 4.79 Å². The number of rotatable bonds is 5. The van der Waals surface area contributed by atoms with Gasteiger partial charge >= 0.3 is 0 Å². The second kappa shape index (κ2) is 6.95. The molecule has 0 aliphatic carbocycles. The van der Waals surface area contributed by atoms with Crippen molar-refractivity contribution in [3.8, 4) is 11.5 Å². The molecule has 0 bridgehead atoms. The van der Waals surface area contributed by atoms with Crippen LogP contribution >= 0.6 is 0 Å². The summed E-state index contributed by atoms with van der Waals surface area (Å²) in [5.41, 5.74) is 1.88. The highest BCUT2D eigenvalue weighted by molar-refractivity contribution is 6.04. The number of carbonyl (C=O) groups is 1. The molecule has 2 aromatic carbocycles. The van der Waals surface area contributed by atoms with Gasteiger partial charge in [-0.05, 0) is 36.8 Å². The molecule has 0 spiro atoms. The molecule has 0 unspecified atom stereocenters. The van der Waals surface area contributed by atoms with Gasteiger partial charge in [0, 0.05) is 17.3 Å². The maximum atomic E-state index is 12.3. The number of aliphatic hydroxyl groups excluding tert-OH is 1. The second-order valence-electron chi connectivity index (χ2n) is 4.85. The van der Waals surface area contributed by atoms with Crippen molar-refractivity contribution in [2.24, 2.45) is 0 Å². The first-order chi connectivity index (χ1) is 10.5. The fourth-order valence-electron chi connectivity index (χ4n) is 1.99. The fraction of sp³-hybridized carbons (Fsp3) is 0.235. The Labute approximate surface area is 129 Å². The zero-order valence-corrected chi connectivity index (χ0v) is 12.8. The second-order valence-corrected chi connectivity index (χ2v) is 4.85. The van der Waals surface area contributed by atoms with E-state index in [2.05, 4.69) is 5.32 Å². The molecule has 5 nitrogen and oxygen atoms in total. The molecule has 0 heterocycles. The van der Waals surface area contributed by atoms with Gasteiger partial charge in [0.05, 0.1) is 20.3 Å². The number of hydrogen-bond donors (Lipinski definition) is 2. The molecule has 0 radical (unpaired) electrons. The number of anilines is 1. The first-order valence-corrected chi connectivity index (χ1v) is 6.86. The molecular weight excluding hydrogens is 282 g/mol. The maximum Gasteiger partial charge on any atom is 0.255 e. The standard InChI is InChI=1S/C17H19NO4/c1-11(19)12-4-6-14(7-5-12)18-17(20)13-8-15(21-2)10-16(9-13)22-3/h4-11,19H,1-3H3,(H,18,20)/t11-/m0/s1. The lowest BCUT2D eigenvalue weighted by molar-refractivity contribution is 0.102. The normalized spacial score (nSPS) is 11.6. The minimum absolute atomic E-state index is 0.262. The van der Waals surface area contributed by atoms with E-state index in [1.807, 2.05) is 0 Å². The molecule has 2 aromatic rings. The predicted octanol–water partition coefficient (Wildman–Crippen LogP) is 3.01. The van der Waals surface area contributed by atoms with Crippen LogP contribution in [0.2, 0.25) is 0 Å². The highest BCUT2D eigenvalue weighted by atomic mass is 16.5. The van der Waals surface area contributed by atoms with Gasteiger partial charge < -0.3 is 19.9 Å². The number of amides is 1. The third kappa shape index (κ3) is 3.77. The van der Waals surface area contributed by atoms with E-state index < -0.39 is 6.10 Å². The minimum atomic E-state index is -0.535. The van der Waals surface area contributed by atoms with Crippen LogP contribution < -0.4 is 14.8 Å². The van der Waals surface area contributed by atoms with E-state index in [1.54, 1.807) is 49.4 Å². The minimum Gasteiger partial charge on any atom is -0.497 e.